The van der Waals surface area contributed by atoms with E-state index in [4.69, 9.17) is 10.00 Å². The molecule has 0 saturated heterocycles. The Hall–Kier alpha value is -2.52. The van der Waals surface area contributed by atoms with Gasteiger partial charge in [0.1, 0.15) is 5.75 Å². The van der Waals surface area contributed by atoms with E-state index >= 15 is 0 Å². The number of nitriles is 1. The van der Waals surface area contributed by atoms with E-state index in [1.165, 1.54) is 6.92 Å². The third-order valence-corrected chi connectivity index (χ3v) is 4.30. The largest absolute Gasteiger partial charge is 0.455 e. The summed E-state index contributed by atoms with van der Waals surface area (Å²) in [4.78, 5) is 0. The second-order valence-electron chi connectivity index (χ2n) is 4.33. The van der Waals surface area contributed by atoms with Gasteiger partial charge in [-0.2, -0.15) is 5.26 Å². The van der Waals surface area contributed by atoms with E-state index in [-0.39, 0.29) is 0 Å². The highest BCUT2D eigenvalue weighted by molar-refractivity contribution is 7.93. The molecule has 0 fully saturated rings. The minimum atomic E-state index is -3.77. The van der Waals surface area contributed by atoms with Crippen molar-refractivity contribution in [2.75, 3.05) is 4.72 Å². The molecule has 0 amide bonds. The molecule has 0 aliphatic heterocycles. The molecule has 0 aromatic heterocycles. The van der Waals surface area contributed by atoms with Crippen molar-refractivity contribution in [1.82, 2.24) is 0 Å². The first-order chi connectivity index (χ1) is 10.0. The zero-order chi connectivity index (χ0) is 15.3. The smallest absolute Gasteiger partial charge is 0.248 e. The van der Waals surface area contributed by atoms with Crippen molar-refractivity contribution in [3.05, 3.63) is 54.6 Å². The number of sulfonamides is 1. The van der Waals surface area contributed by atoms with Gasteiger partial charge in [-0.15, -0.1) is 0 Å². The molecule has 6 heteroatoms. The zero-order valence-electron chi connectivity index (χ0n) is 11.4. The number of anilines is 1. The van der Waals surface area contributed by atoms with Crippen molar-refractivity contribution < 1.29 is 13.2 Å². The fraction of sp³-hybridized carbons (Fsp3) is 0.133. The minimum Gasteiger partial charge on any atom is -0.455 e. The molecule has 1 atom stereocenters. The molecule has 0 aliphatic rings. The highest BCUT2D eigenvalue weighted by Gasteiger charge is 2.21. The predicted molar refractivity (Wildman–Crippen MR) is 80.6 cm³/mol. The third-order valence-electron chi connectivity index (χ3n) is 2.76. The number of ether oxygens (including phenoxy) is 1. The Morgan fingerprint density at radius 1 is 1.10 bits per heavy atom. The Balaban J connectivity index is 2.28. The third kappa shape index (κ3) is 3.74. The molecule has 2 aromatic carbocycles. The molecule has 0 spiro atoms. The van der Waals surface area contributed by atoms with E-state index in [9.17, 15) is 8.42 Å². The lowest BCUT2D eigenvalue weighted by atomic mass is 10.3. The van der Waals surface area contributed by atoms with Crippen molar-refractivity contribution in [2.45, 2.75) is 12.2 Å². The van der Waals surface area contributed by atoms with Crippen LogP contribution in [0.1, 0.15) is 6.92 Å². The van der Waals surface area contributed by atoms with Crippen LogP contribution in [0.2, 0.25) is 0 Å². The maximum absolute atomic E-state index is 11.9. The van der Waals surface area contributed by atoms with Gasteiger partial charge in [-0.1, -0.05) is 30.3 Å². The van der Waals surface area contributed by atoms with Crippen LogP contribution in [0.4, 0.5) is 5.69 Å². The summed E-state index contributed by atoms with van der Waals surface area (Å²) in [7, 11) is -3.77. The van der Waals surface area contributed by atoms with Gasteiger partial charge in [0.05, 0.1) is 11.8 Å². The number of hydrogen-bond donors (Lipinski definition) is 1. The summed E-state index contributed by atoms with van der Waals surface area (Å²) in [6, 6.07) is 17.4. The van der Waals surface area contributed by atoms with Crippen molar-refractivity contribution in [2.24, 2.45) is 0 Å². The van der Waals surface area contributed by atoms with E-state index < -0.39 is 15.3 Å². The van der Waals surface area contributed by atoms with E-state index in [1.807, 2.05) is 18.2 Å². The summed E-state index contributed by atoms with van der Waals surface area (Å²) < 4.78 is 31.9. The van der Waals surface area contributed by atoms with Gasteiger partial charge in [0.15, 0.2) is 11.0 Å². The summed E-state index contributed by atoms with van der Waals surface area (Å²) in [5.41, 5.74) is 0.295. The molecular formula is C15H14N2O3S. The molecule has 108 valence electrons. The molecule has 2 rings (SSSR count). The number of benzene rings is 2. The van der Waals surface area contributed by atoms with E-state index in [1.54, 1.807) is 42.5 Å². The van der Waals surface area contributed by atoms with Crippen molar-refractivity contribution in [1.29, 1.82) is 5.26 Å². The maximum Gasteiger partial charge on any atom is 0.248 e. The normalized spacial score (nSPS) is 12.2. The molecule has 2 aromatic rings. The van der Waals surface area contributed by atoms with Gasteiger partial charge in [0.25, 0.3) is 0 Å². The highest BCUT2D eigenvalue weighted by Crippen LogP contribution is 2.30. The van der Waals surface area contributed by atoms with Crippen LogP contribution in [-0.4, -0.2) is 13.7 Å². The molecule has 0 bridgehead atoms. The van der Waals surface area contributed by atoms with Crippen LogP contribution in [0, 0.1) is 11.3 Å². The van der Waals surface area contributed by atoms with Gasteiger partial charge in [-0.25, -0.2) is 8.42 Å². The zero-order valence-corrected chi connectivity index (χ0v) is 12.2. The summed E-state index contributed by atoms with van der Waals surface area (Å²) in [5, 5.41) is 7.60. The first-order valence-corrected chi connectivity index (χ1v) is 7.81. The van der Waals surface area contributed by atoms with Gasteiger partial charge in [-0.05, 0) is 31.2 Å². The predicted octanol–water partition coefficient (Wildman–Crippen LogP) is 3.13. The SMILES string of the molecule is CC(C#N)S(=O)(=O)Nc1ccccc1Oc1ccccc1. The topological polar surface area (TPSA) is 79.2 Å². The monoisotopic (exact) mass is 302 g/mol. The molecule has 0 radical (unpaired) electrons. The highest BCUT2D eigenvalue weighted by atomic mass is 32.2. The average Bonchev–Trinajstić information content (AvgIpc) is 2.49. The Kier molecular flexibility index (Phi) is 4.45. The van der Waals surface area contributed by atoms with Crippen molar-refractivity contribution in [3.63, 3.8) is 0 Å². The van der Waals surface area contributed by atoms with Gasteiger partial charge in [-0.3, -0.25) is 4.72 Å². The lowest BCUT2D eigenvalue weighted by molar-refractivity contribution is 0.485. The number of hydrogen-bond acceptors (Lipinski definition) is 4. The van der Waals surface area contributed by atoms with Gasteiger partial charge in [0, 0.05) is 0 Å². The lowest BCUT2D eigenvalue weighted by Gasteiger charge is -2.14. The van der Waals surface area contributed by atoms with Crippen LogP contribution in [0.3, 0.4) is 0 Å². The second kappa shape index (κ2) is 6.29. The number of nitrogens with zero attached hydrogens (tertiary/aromatic N) is 1. The maximum atomic E-state index is 11.9. The summed E-state index contributed by atoms with van der Waals surface area (Å²) in [6.07, 6.45) is 0. The van der Waals surface area contributed by atoms with E-state index in [2.05, 4.69) is 4.72 Å². The lowest BCUT2D eigenvalue weighted by Crippen LogP contribution is -2.24. The van der Waals surface area contributed by atoms with Gasteiger partial charge >= 0.3 is 0 Å². The molecule has 0 saturated carbocycles. The Morgan fingerprint density at radius 3 is 2.38 bits per heavy atom. The minimum absolute atomic E-state index is 0.295. The summed E-state index contributed by atoms with van der Waals surface area (Å²) in [5.74, 6) is 0.967. The molecule has 0 aliphatic carbocycles. The Bertz CT molecular complexity index is 752. The van der Waals surface area contributed by atoms with Gasteiger partial charge < -0.3 is 4.74 Å². The van der Waals surface area contributed by atoms with Crippen LogP contribution < -0.4 is 9.46 Å². The molecule has 5 nitrogen and oxygen atoms in total. The van der Waals surface area contributed by atoms with E-state index in [0.29, 0.717) is 17.2 Å². The molecule has 21 heavy (non-hydrogen) atoms. The molecule has 1 unspecified atom stereocenters. The second-order valence-corrected chi connectivity index (χ2v) is 6.33. The quantitative estimate of drug-likeness (QED) is 0.920. The molecular weight excluding hydrogens is 288 g/mol. The Morgan fingerprint density at radius 2 is 1.71 bits per heavy atom. The first-order valence-electron chi connectivity index (χ1n) is 6.26. The van der Waals surface area contributed by atoms with Crippen molar-refractivity contribution >= 4 is 15.7 Å². The Labute approximate surface area is 123 Å². The molecule has 1 N–H and O–H groups in total. The van der Waals surface area contributed by atoms with Crippen LogP contribution in [-0.2, 0) is 10.0 Å². The number of rotatable bonds is 5. The average molecular weight is 302 g/mol. The van der Waals surface area contributed by atoms with Crippen LogP contribution >= 0.6 is 0 Å². The number of nitrogens with one attached hydrogen (secondary N) is 1. The molecule has 0 heterocycles. The fourth-order valence-electron chi connectivity index (χ4n) is 1.57. The summed E-state index contributed by atoms with van der Waals surface area (Å²) >= 11 is 0. The number of para-hydroxylation sites is 3. The van der Waals surface area contributed by atoms with Crippen LogP contribution in [0.25, 0.3) is 0 Å². The standard InChI is InChI=1S/C15H14N2O3S/c1-12(11-16)21(18,19)17-14-9-5-6-10-15(14)20-13-7-3-2-4-8-13/h2-10,12,17H,1H3. The van der Waals surface area contributed by atoms with Crippen LogP contribution in [0.5, 0.6) is 11.5 Å². The van der Waals surface area contributed by atoms with E-state index in [0.717, 1.165) is 0 Å². The first kappa shape index (κ1) is 14.9. The van der Waals surface area contributed by atoms with Crippen molar-refractivity contribution in [3.8, 4) is 17.6 Å². The van der Waals surface area contributed by atoms with Crippen LogP contribution in [0.15, 0.2) is 54.6 Å². The summed E-state index contributed by atoms with van der Waals surface area (Å²) in [6.45, 7) is 1.32. The van der Waals surface area contributed by atoms with Gasteiger partial charge in [0.2, 0.25) is 10.0 Å². The fourth-order valence-corrected chi connectivity index (χ4v) is 2.36.